The number of benzene rings is 2. The van der Waals surface area contributed by atoms with Crippen LogP contribution in [0, 0.1) is 0 Å². The molecule has 0 spiro atoms. The van der Waals surface area contributed by atoms with Crippen molar-refractivity contribution in [1.29, 1.82) is 0 Å². The second-order valence-corrected chi connectivity index (χ2v) is 10.6. The number of carbonyl (C=O) groups excluding carboxylic acids is 1. The topological polar surface area (TPSA) is 79.1 Å². The minimum absolute atomic E-state index is 0.0999. The van der Waals surface area contributed by atoms with Gasteiger partial charge in [0.05, 0.1) is 40.4 Å². The maximum atomic E-state index is 14.3. The highest BCUT2D eigenvalue weighted by Crippen LogP contribution is 2.39. The van der Waals surface area contributed by atoms with E-state index >= 15 is 0 Å². The Kier molecular flexibility index (Phi) is 9.11. The highest BCUT2D eigenvalue weighted by atomic mass is 79.9. The number of esters is 1. The van der Waals surface area contributed by atoms with Crippen LogP contribution in [0.15, 0.2) is 61.9 Å². The Morgan fingerprint density at radius 2 is 1.80 bits per heavy atom. The molecule has 0 amide bonds. The van der Waals surface area contributed by atoms with Gasteiger partial charge >= 0.3 is 12.1 Å². The lowest BCUT2D eigenvalue weighted by Gasteiger charge is -2.26. The zero-order valence-electron chi connectivity index (χ0n) is 21.5. The fraction of sp³-hybridized carbons (Fsp3) is 0.296. The normalized spacial score (nSPS) is 15.5. The first kappa shape index (κ1) is 29.9. The van der Waals surface area contributed by atoms with E-state index in [1.807, 2.05) is 13.8 Å². The molecule has 2 aromatic carbocycles. The van der Waals surface area contributed by atoms with Gasteiger partial charge in [-0.2, -0.15) is 13.2 Å². The first-order valence-electron chi connectivity index (χ1n) is 12.1. The molecule has 7 nitrogen and oxygen atoms in total. The Labute approximate surface area is 244 Å². The van der Waals surface area contributed by atoms with E-state index in [1.165, 1.54) is 37.3 Å². The lowest BCUT2D eigenvalue weighted by molar-refractivity contribution is -0.140. The maximum Gasteiger partial charge on any atom is 0.434 e. The molecule has 1 aromatic heterocycles. The zero-order valence-corrected chi connectivity index (χ0v) is 24.6. The molecule has 0 N–H and O–H groups in total. The average Bonchev–Trinajstić information content (AvgIpc) is 3.20. The summed E-state index contributed by atoms with van der Waals surface area (Å²) in [6.45, 7) is 5.70. The molecule has 0 saturated carbocycles. The van der Waals surface area contributed by atoms with E-state index in [1.54, 1.807) is 12.1 Å². The average molecular weight is 660 g/mol. The Hall–Kier alpha value is -3.09. The Balaban J connectivity index is 2.00. The van der Waals surface area contributed by atoms with Crippen LogP contribution in [0.2, 0.25) is 5.02 Å². The standard InChI is InChI=1S/C27H23BrClF3N2O5S/c1-4-37-18-12-14(11-17(28)22(18)38-5-2)13-19-24(35)34-21(15-7-9-16(29)10-8-15)20(25(36)39-6-3)23(27(30,31)32)33-26(34)40-19/h7-13,21H,4-6H2,1-3H3/b19-13-/t21-/m0/s1. The van der Waals surface area contributed by atoms with Gasteiger partial charge in [0.2, 0.25) is 0 Å². The van der Waals surface area contributed by atoms with E-state index in [0.29, 0.717) is 39.8 Å². The van der Waals surface area contributed by atoms with Crippen LogP contribution in [-0.4, -0.2) is 36.5 Å². The van der Waals surface area contributed by atoms with Crippen molar-refractivity contribution in [3.63, 3.8) is 0 Å². The van der Waals surface area contributed by atoms with Gasteiger partial charge in [-0.25, -0.2) is 9.79 Å². The van der Waals surface area contributed by atoms with E-state index in [4.69, 9.17) is 25.8 Å². The van der Waals surface area contributed by atoms with Crippen LogP contribution in [0.5, 0.6) is 11.5 Å². The van der Waals surface area contributed by atoms with Crippen LogP contribution in [-0.2, 0) is 9.53 Å². The SMILES string of the molecule is CCOC(=O)C1=C(C(F)(F)F)N=c2s/c(=C\c3cc(Br)c(OCC)c(OCC)c3)c(=O)n2[C@H]1c1ccc(Cl)cc1. The third-order valence-electron chi connectivity index (χ3n) is 5.70. The molecule has 13 heteroatoms. The summed E-state index contributed by atoms with van der Waals surface area (Å²) in [7, 11) is 0. The molecule has 0 saturated heterocycles. The van der Waals surface area contributed by atoms with Crippen molar-refractivity contribution in [2.45, 2.75) is 33.0 Å². The van der Waals surface area contributed by atoms with E-state index < -0.39 is 35.0 Å². The van der Waals surface area contributed by atoms with Gasteiger partial charge in [0.25, 0.3) is 5.56 Å². The Morgan fingerprint density at radius 1 is 1.12 bits per heavy atom. The van der Waals surface area contributed by atoms with Crippen LogP contribution >= 0.6 is 38.9 Å². The molecule has 0 bridgehead atoms. The van der Waals surface area contributed by atoms with Crippen molar-refractivity contribution in [3.05, 3.63) is 88.0 Å². The second kappa shape index (κ2) is 12.2. The van der Waals surface area contributed by atoms with Gasteiger partial charge in [0.1, 0.15) is 0 Å². The summed E-state index contributed by atoms with van der Waals surface area (Å²) in [4.78, 5) is 30.2. The summed E-state index contributed by atoms with van der Waals surface area (Å²) in [5.74, 6) is -0.301. The van der Waals surface area contributed by atoms with Gasteiger partial charge in [0.15, 0.2) is 22.0 Å². The summed E-state index contributed by atoms with van der Waals surface area (Å²) in [5, 5.41) is 0.333. The largest absolute Gasteiger partial charge is 0.490 e. The molecule has 2 heterocycles. The van der Waals surface area contributed by atoms with Crippen molar-refractivity contribution in [2.75, 3.05) is 19.8 Å². The first-order valence-corrected chi connectivity index (χ1v) is 14.1. The number of allylic oxidation sites excluding steroid dienone is 1. The second-order valence-electron chi connectivity index (χ2n) is 8.31. The zero-order chi connectivity index (χ0) is 29.2. The number of alkyl halides is 3. The number of rotatable bonds is 8. The fourth-order valence-electron chi connectivity index (χ4n) is 4.17. The van der Waals surface area contributed by atoms with E-state index in [9.17, 15) is 22.8 Å². The summed E-state index contributed by atoms with van der Waals surface area (Å²) in [6, 6.07) is 7.77. The molecule has 0 fully saturated rings. The summed E-state index contributed by atoms with van der Waals surface area (Å²) < 4.78 is 60.8. The molecule has 1 aliphatic heterocycles. The van der Waals surface area contributed by atoms with Crippen LogP contribution < -0.4 is 24.4 Å². The molecule has 1 atom stereocenters. The van der Waals surface area contributed by atoms with Gasteiger partial charge in [-0.1, -0.05) is 35.1 Å². The van der Waals surface area contributed by atoms with Gasteiger partial charge in [-0.3, -0.25) is 9.36 Å². The predicted octanol–water partition coefficient (Wildman–Crippen LogP) is 5.55. The van der Waals surface area contributed by atoms with Crippen LogP contribution in [0.25, 0.3) is 6.08 Å². The summed E-state index contributed by atoms with van der Waals surface area (Å²) >= 11 is 10.2. The van der Waals surface area contributed by atoms with Gasteiger partial charge in [-0.05, 0) is 78.2 Å². The first-order chi connectivity index (χ1) is 19.0. The lowest BCUT2D eigenvalue weighted by Crippen LogP contribution is -2.41. The van der Waals surface area contributed by atoms with Gasteiger partial charge < -0.3 is 14.2 Å². The van der Waals surface area contributed by atoms with E-state index in [0.717, 1.165) is 15.9 Å². The monoisotopic (exact) mass is 658 g/mol. The molecule has 4 rings (SSSR count). The number of fused-ring (bicyclic) bond motifs is 1. The third-order valence-corrected chi connectivity index (χ3v) is 7.52. The Morgan fingerprint density at radius 3 is 2.40 bits per heavy atom. The van der Waals surface area contributed by atoms with Gasteiger partial charge in [-0.15, -0.1) is 0 Å². The fourth-order valence-corrected chi connectivity index (χ4v) is 5.87. The van der Waals surface area contributed by atoms with Gasteiger partial charge in [0, 0.05) is 5.02 Å². The molecule has 212 valence electrons. The number of thiazole rings is 1. The van der Waals surface area contributed by atoms with E-state index in [-0.39, 0.29) is 21.5 Å². The van der Waals surface area contributed by atoms with Crippen LogP contribution in [0.3, 0.4) is 0 Å². The van der Waals surface area contributed by atoms with E-state index in [2.05, 4.69) is 20.9 Å². The number of carbonyl (C=O) groups is 1. The molecule has 1 aliphatic rings. The molecule has 0 radical (unpaired) electrons. The van der Waals surface area contributed by atoms with Crippen molar-refractivity contribution in [1.82, 2.24) is 4.57 Å². The van der Waals surface area contributed by atoms with Crippen molar-refractivity contribution in [2.24, 2.45) is 4.99 Å². The third kappa shape index (κ3) is 5.98. The van der Waals surface area contributed by atoms with Crippen LogP contribution in [0.4, 0.5) is 13.2 Å². The molecular formula is C27H23BrClF3N2O5S. The predicted molar refractivity (Wildman–Crippen MR) is 149 cm³/mol. The molecule has 0 unspecified atom stereocenters. The summed E-state index contributed by atoms with van der Waals surface area (Å²) in [6.07, 6.45) is -3.47. The van der Waals surface area contributed by atoms with Crippen molar-refractivity contribution < 1.29 is 32.2 Å². The number of aromatic nitrogens is 1. The smallest absolute Gasteiger partial charge is 0.434 e. The number of hydrogen-bond acceptors (Lipinski definition) is 7. The van der Waals surface area contributed by atoms with Crippen LogP contribution in [0.1, 0.15) is 37.9 Å². The maximum absolute atomic E-state index is 14.3. The quantitative estimate of drug-likeness (QED) is 0.296. The number of hydrogen-bond donors (Lipinski definition) is 0. The van der Waals surface area contributed by atoms with Crippen molar-refractivity contribution in [3.8, 4) is 11.5 Å². The number of ether oxygens (including phenoxy) is 3. The number of nitrogens with zero attached hydrogens (tertiary/aromatic N) is 2. The Bertz CT molecular complexity index is 1650. The lowest BCUT2D eigenvalue weighted by atomic mass is 9.95. The number of halogens is 5. The molecular weight excluding hydrogens is 637 g/mol. The van der Waals surface area contributed by atoms with Crippen molar-refractivity contribution >= 4 is 50.9 Å². The minimum Gasteiger partial charge on any atom is -0.490 e. The summed E-state index contributed by atoms with van der Waals surface area (Å²) in [5.41, 5.74) is -2.05. The highest BCUT2D eigenvalue weighted by Gasteiger charge is 2.45. The molecule has 0 aliphatic carbocycles. The minimum atomic E-state index is -4.99. The molecule has 3 aromatic rings. The molecule has 40 heavy (non-hydrogen) atoms. The highest BCUT2D eigenvalue weighted by molar-refractivity contribution is 9.10.